The molecule has 0 unspecified atom stereocenters. The lowest BCUT2D eigenvalue weighted by molar-refractivity contribution is -0.123. The van der Waals surface area contributed by atoms with Crippen molar-refractivity contribution in [3.63, 3.8) is 0 Å². The summed E-state index contributed by atoms with van der Waals surface area (Å²) in [5, 5.41) is 5.72. The number of anilines is 2. The van der Waals surface area contributed by atoms with E-state index in [-0.39, 0.29) is 11.8 Å². The predicted octanol–water partition coefficient (Wildman–Crippen LogP) is 0.808. The van der Waals surface area contributed by atoms with Gasteiger partial charge in [0.1, 0.15) is 0 Å². The van der Waals surface area contributed by atoms with E-state index in [0.717, 1.165) is 18.5 Å². The zero-order valence-corrected chi connectivity index (χ0v) is 12.3. The van der Waals surface area contributed by atoms with Gasteiger partial charge in [-0.3, -0.25) is 14.5 Å². The SMILES string of the molecule is CN(CCC(=O)Nc1ccc(N)cc1)CC(=O)NC1CC1. The Kier molecular flexibility index (Phi) is 5.16. The van der Waals surface area contributed by atoms with E-state index in [1.165, 1.54) is 0 Å². The Hall–Kier alpha value is -2.08. The zero-order valence-electron chi connectivity index (χ0n) is 12.3. The van der Waals surface area contributed by atoms with Gasteiger partial charge in [-0.1, -0.05) is 0 Å². The van der Waals surface area contributed by atoms with Crippen LogP contribution in [0.5, 0.6) is 0 Å². The summed E-state index contributed by atoms with van der Waals surface area (Å²) in [4.78, 5) is 25.3. The van der Waals surface area contributed by atoms with Crippen molar-refractivity contribution in [1.82, 2.24) is 10.2 Å². The van der Waals surface area contributed by atoms with Gasteiger partial charge in [-0.25, -0.2) is 0 Å². The highest BCUT2D eigenvalue weighted by atomic mass is 16.2. The molecule has 1 aromatic rings. The highest BCUT2D eigenvalue weighted by molar-refractivity contribution is 5.91. The van der Waals surface area contributed by atoms with Gasteiger partial charge in [-0.05, 0) is 44.2 Å². The minimum absolute atomic E-state index is 0.0268. The average molecular weight is 290 g/mol. The summed E-state index contributed by atoms with van der Waals surface area (Å²) in [7, 11) is 1.84. The van der Waals surface area contributed by atoms with Crippen LogP contribution in [0.2, 0.25) is 0 Å². The largest absolute Gasteiger partial charge is 0.399 e. The van der Waals surface area contributed by atoms with Crippen LogP contribution < -0.4 is 16.4 Å². The Morgan fingerprint density at radius 1 is 1.24 bits per heavy atom. The zero-order chi connectivity index (χ0) is 15.2. The molecule has 0 saturated heterocycles. The molecule has 4 N–H and O–H groups in total. The van der Waals surface area contributed by atoms with Gasteiger partial charge in [0, 0.05) is 30.4 Å². The van der Waals surface area contributed by atoms with E-state index >= 15 is 0 Å². The lowest BCUT2D eigenvalue weighted by Crippen LogP contribution is -2.37. The molecule has 2 amide bonds. The standard InChI is InChI=1S/C15H22N4O2/c1-19(10-15(21)18-13-6-7-13)9-8-14(20)17-12-4-2-11(16)3-5-12/h2-5,13H,6-10,16H2,1H3,(H,17,20)(H,18,21). The summed E-state index contributed by atoms with van der Waals surface area (Å²) >= 11 is 0. The summed E-state index contributed by atoms with van der Waals surface area (Å²) in [5.74, 6) is -0.0480. The molecule has 2 rings (SSSR count). The molecular weight excluding hydrogens is 268 g/mol. The number of rotatable bonds is 7. The number of nitrogens with two attached hydrogens (primary N) is 1. The molecule has 1 aromatic carbocycles. The Morgan fingerprint density at radius 3 is 2.52 bits per heavy atom. The number of nitrogens with zero attached hydrogens (tertiary/aromatic N) is 1. The van der Waals surface area contributed by atoms with Gasteiger partial charge in [0.2, 0.25) is 11.8 Å². The Labute approximate surface area is 124 Å². The number of carbonyl (C=O) groups is 2. The maximum Gasteiger partial charge on any atom is 0.234 e. The van der Waals surface area contributed by atoms with Crippen molar-refractivity contribution in [2.45, 2.75) is 25.3 Å². The monoisotopic (exact) mass is 290 g/mol. The topological polar surface area (TPSA) is 87.5 Å². The number of amides is 2. The van der Waals surface area contributed by atoms with E-state index in [1.807, 2.05) is 11.9 Å². The molecule has 0 aliphatic heterocycles. The molecule has 6 heteroatoms. The fourth-order valence-electron chi connectivity index (χ4n) is 1.91. The van der Waals surface area contributed by atoms with E-state index in [9.17, 15) is 9.59 Å². The second-order valence-electron chi connectivity index (χ2n) is 5.50. The van der Waals surface area contributed by atoms with Gasteiger partial charge >= 0.3 is 0 Å². The molecule has 1 fully saturated rings. The fourth-order valence-corrected chi connectivity index (χ4v) is 1.91. The molecule has 1 saturated carbocycles. The van der Waals surface area contributed by atoms with Crippen LogP contribution in [0.4, 0.5) is 11.4 Å². The molecule has 21 heavy (non-hydrogen) atoms. The molecule has 0 spiro atoms. The van der Waals surface area contributed by atoms with Crippen molar-refractivity contribution in [2.75, 3.05) is 31.2 Å². The van der Waals surface area contributed by atoms with Crippen LogP contribution in [0.15, 0.2) is 24.3 Å². The first-order chi connectivity index (χ1) is 10.0. The molecule has 0 heterocycles. The molecule has 1 aliphatic carbocycles. The van der Waals surface area contributed by atoms with Crippen LogP contribution >= 0.6 is 0 Å². The third kappa shape index (κ3) is 5.83. The maximum atomic E-state index is 11.8. The number of hydrogen-bond acceptors (Lipinski definition) is 4. The number of benzene rings is 1. The molecule has 6 nitrogen and oxygen atoms in total. The first-order valence-electron chi connectivity index (χ1n) is 7.16. The van der Waals surface area contributed by atoms with Crippen LogP contribution in [0.25, 0.3) is 0 Å². The van der Waals surface area contributed by atoms with Crippen molar-refractivity contribution in [2.24, 2.45) is 0 Å². The van der Waals surface area contributed by atoms with Crippen LogP contribution in [-0.4, -0.2) is 42.9 Å². The summed E-state index contributed by atoms with van der Waals surface area (Å²) in [6.07, 6.45) is 2.51. The molecule has 0 atom stereocenters. The fraction of sp³-hybridized carbons (Fsp3) is 0.467. The molecule has 0 radical (unpaired) electrons. The van der Waals surface area contributed by atoms with Crippen molar-refractivity contribution in [3.8, 4) is 0 Å². The third-order valence-corrected chi connectivity index (χ3v) is 3.27. The quantitative estimate of drug-likeness (QED) is 0.648. The van der Waals surface area contributed by atoms with Gasteiger partial charge in [0.05, 0.1) is 6.54 Å². The lowest BCUT2D eigenvalue weighted by Gasteiger charge is -2.16. The minimum atomic E-state index is -0.0748. The molecular formula is C15H22N4O2. The first-order valence-corrected chi connectivity index (χ1v) is 7.16. The molecule has 114 valence electrons. The Bertz CT molecular complexity index is 497. The highest BCUT2D eigenvalue weighted by Crippen LogP contribution is 2.18. The summed E-state index contributed by atoms with van der Waals surface area (Å²) in [6, 6.07) is 7.38. The third-order valence-electron chi connectivity index (χ3n) is 3.27. The number of nitrogen functional groups attached to an aromatic ring is 1. The van der Waals surface area contributed by atoms with Crippen LogP contribution in [-0.2, 0) is 9.59 Å². The average Bonchev–Trinajstić information content (AvgIpc) is 3.23. The molecule has 0 aromatic heterocycles. The Morgan fingerprint density at radius 2 is 1.90 bits per heavy atom. The van der Waals surface area contributed by atoms with Gasteiger partial charge in [0.15, 0.2) is 0 Å². The second-order valence-corrected chi connectivity index (χ2v) is 5.50. The van der Waals surface area contributed by atoms with Crippen molar-refractivity contribution < 1.29 is 9.59 Å². The van der Waals surface area contributed by atoms with E-state index < -0.39 is 0 Å². The number of hydrogen-bond donors (Lipinski definition) is 3. The van der Waals surface area contributed by atoms with Crippen LogP contribution in [0.3, 0.4) is 0 Å². The normalized spacial score (nSPS) is 14.0. The smallest absolute Gasteiger partial charge is 0.234 e. The first kappa shape index (κ1) is 15.3. The summed E-state index contributed by atoms with van der Waals surface area (Å²) in [6.45, 7) is 0.866. The minimum Gasteiger partial charge on any atom is -0.399 e. The lowest BCUT2D eigenvalue weighted by atomic mass is 10.2. The van der Waals surface area contributed by atoms with E-state index in [0.29, 0.717) is 31.2 Å². The number of carbonyl (C=O) groups excluding carboxylic acids is 2. The van der Waals surface area contributed by atoms with Crippen LogP contribution in [0, 0.1) is 0 Å². The summed E-state index contributed by atoms with van der Waals surface area (Å²) in [5.41, 5.74) is 6.97. The van der Waals surface area contributed by atoms with Crippen LogP contribution in [0.1, 0.15) is 19.3 Å². The van der Waals surface area contributed by atoms with E-state index in [2.05, 4.69) is 10.6 Å². The van der Waals surface area contributed by atoms with Crippen molar-refractivity contribution in [3.05, 3.63) is 24.3 Å². The number of likely N-dealkylation sites (N-methyl/N-ethyl adjacent to an activating group) is 1. The van der Waals surface area contributed by atoms with Gasteiger partial charge in [-0.15, -0.1) is 0 Å². The molecule has 1 aliphatic rings. The van der Waals surface area contributed by atoms with Crippen molar-refractivity contribution in [1.29, 1.82) is 0 Å². The molecule has 0 bridgehead atoms. The van der Waals surface area contributed by atoms with Gasteiger partial charge in [-0.2, -0.15) is 0 Å². The summed E-state index contributed by atoms with van der Waals surface area (Å²) < 4.78 is 0. The second kappa shape index (κ2) is 7.08. The predicted molar refractivity (Wildman–Crippen MR) is 82.8 cm³/mol. The van der Waals surface area contributed by atoms with Crippen molar-refractivity contribution >= 4 is 23.2 Å². The Balaban J connectivity index is 1.65. The van der Waals surface area contributed by atoms with E-state index in [4.69, 9.17) is 5.73 Å². The maximum absolute atomic E-state index is 11.8. The van der Waals surface area contributed by atoms with Gasteiger partial charge < -0.3 is 16.4 Å². The van der Waals surface area contributed by atoms with E-state index in [1.54, 1.807) is 24.3 Å². The number of nitrogens with one attached hydrogen (secondary N) is 2. The van der Waals surface area contributed by atoms with Gasteiger partial charge in [0.25, 0.3) is 0 Å². The highest BCUT2D eigenvalue weighted by Gasteiger charge is 2.23.